The summed E-state index contributed by atoms with van der Waals surface area (Å²) in [5.74, 6) is -1.94. The van der Waals surface area contributed by atoms with Crippen molar-refractivity contribution in [2.45, 2.75) is 38.6 Å². The highest BCUT2D eigenvalue weighted by molar-refractivity contribution is 6.05. The van der Waals surface area contributed by atoms with Crippen molar-refractivity contribution in [3.05, 3.63) is 47.5 Å². The second-order valence-electron chi connectivity index (χ2n) is 4.88. The maximum absolute atomic E-state index is 12.6. The highest BCUT2D eigenvalue weighted by Crippen LogP contribution is 2.16. The summed E-state index contributed by atoms with van der Waals surface area (Å²) in [6, 6.07) is 4.24. The molecule has 1 rings (SSSR count). The number of carboxylic acids is 1. The van der Waals surface area contributed by atoms with Gasteiger partial charge in [-0.1, -0.05) is 50.1 Å². The van der Waals surface area contributed by atoms with E-state index in [1.807, 2.05) is 6.92 Å². The molecule has 0 spiro atoms. The molecule has 6 heteroatoms. The minimum atomic E-state index is -1.97. The maximum Gasteiger partial charge on any atom is 0.326 e. The molecule has 0 unspecified atom stereocenters. The molecular formula is C16H19F2NO3. The first-order valence-corrected chi connectivity index (χ1v) is 7.09. The average Bonchev–Trinajstić information content (AvgIpc) is 2.48. The van der Waals surface area contributed by atoms with Gasteiger partial charge in [0.05, 0.1) is 0 Å². The predicted octanol–water partition coefficient (Wildman–Crippen LogP) is 3.68. The van der Waals surface area contributed by atoms with Crippen LogP contribution in [-0.2, 0) is 11.2 Å². The second-order valence-corrected chi connectivity index (χ2v) is 4.88. The first-order valence-electron chi connectivity index (χ1n) is 7.09. The third kappa shape index (κ3) is 5.37. The van der Waals surface area contributed by atoms with Crippen molar-refractivity contribution in [2.75, 3.05) is 0 Å². The van der Waals surface area contributed by atoms with Gasteiger partial charge in [-0.2, -0.15) is 0 Å². The number of unbranched alkanes of at least 4 members (excludes halogenated alkanes) is 2. The number of ketones is 1. The van der Waals surface area contributed by atoms with Crippen LogP contribution in [-0.4, -0.2) is 28.2 Å². The fourth-order valence-corrected chi connectivity index (χ4v) is 1.99. The monoisotopic (exact) mass is 311 g/mol. The van der Waals surface area contributed by atoms with Crippen LogP contribution in [0, 0.1) is 0 Å². The second kappa shape index (κ2) is 9.04. The molecule has 0 bridgehead atoms. The standard InChI is InChI=1S/C16H19F2NO3/c1-2-3-4-5-10-15(20)13-9-7-6-8-12(13)11-14(16(21)22)19(17)18/h5-10,14H,2-4,11H2,1H3,(H,21,22)/t14-/m0/s1. The van der Waals surface area contributed by atoms with E-state index in [4.69, 9.17) is 5.11 Å². The van der Waals surface area contributed by atoms with Gasteiger partial charge in [-0.3, -0.25) is 9.59 Å². The topological polar surface area (TPSA) is 57.6 Å². The number of halogens is 2. The molecule has 0 saturated heterocycles. The van der Waals surface area contributed by atoms with Crippen molar-refractivity contribution >= 4 is 11.8 Å². The lowest BCUT2D eigenvalue weighted by molar-refractivity contribution is -0.201. The van der Waals surface area contributed by atoms with Crippen molar-refractivity contribution in [3.8, 4) is 0 Å². The molecule has 4 nitrogen and oxygen atoms in total. The van der Waals surface area contributed by atoms with Crippen LogP contribution < -0.4 is 0 Å². The van der Waals surface area contributed by atoms with E-state index < -0.39 is 23.8 Å². The van der Waals surface area contributed by atoms with Crippen LogP contribution in [0.2, 0.25) is 0 Å². The summed E-state index contributed by atoms with van der Waals surface area (Å²) < 4.78 is 25.2. The zero-order valence-electron chi connectivity index (χ0n) is 12.3. The molecule has 0 heterocycles. The quantitative estimate of drug-likeness (QED) is 0.327. The lowest BCUT2D eigenvalue weighted by Gasteiger charge is -2.14. The van der Waals surface area contributed by atoms with Gasteiger partial charge in [0.2, 0.25) is 0 Å². The van der Waals surface area contributed by atoms with Gasteiger partial charge in [0.25, 0.3) is 0 Å². The summed E-state index contributed by atoms with van der Waals surface area (Å²) in [7, 11) is 0. The Balaban J connectivity index is 2.91. The van der Waals surface area contributed by atoms with Crippen molar-refractivity contribution in [1.29, 1.82) is 0 Å². The van der Waals surface area contributed by atoms with Crippen molar-refractivity contribution < 1.29 is 23.7 Å². The van der Waals surface area contributed by atoms with E-state index in [1.165, 1.54) is 18.2 Å². The summed E-state index contributed by atoms with van der Waals surface area (Å²) in [6.07, 6.45) is 5.46. The van der Waals surface area contributed by atoms with Crippen LogP contribution in [0.15, 0.2) is 36.4 Å². The van der Waals surface area contributed by atoms with Crippen LogP contribution in [0.1, 0.15) is 42.1 Å². The summed E-state index contributed by atoms with van der Waals surface area (Å²) in [5, 5.41) is 7.47. The van der Waals surface area contributed by atoms with E-state index in [-0.39, 0.29) is 11.3 Å². The fraction of sp³-hybridized carbons (Fsp3) is 0.375. The van der Waals surface area contributed by atoms with Gasteiger partial charge in [0, 0.05) is 17.3 Å². The number of aliphatic carboxylic acids is 1. The first-order chi connectivity index (χ1) is 10.5. The zero-order valence-corrected chi connectivity index (χ0v) is 12.3. The Kier molecular flexibility index (Phi) is 7.39. The van der Waals surface area contributed by atoms with Crippen molar-refractivity contribution in [2.24, 2.45) is 0 Å². The normalized spacial score (nSPS) is 12.7. The van der Waals surface area contributed by atoms with E-state index in [2.05, 4.69) is 0 Å². The first kappa shape index (κ1) is 18.0. The molecule has 1 aromatic rings. The molecule has 1 aromatic carbocycles. The molecule has 120 valence electrons. The smallest absolute Gasteiger partial charge is 0.326 e. The van der Waals surface area contributed by atoms with E-state index in [0.717, 1.165) is 19.3 Å². The fourth-order valence-electron chi connectivity index (χ4n) is 1.99. The van der Waals surface area contributed by atoms with Gasteiger partial charge in [-0.15, -0.1) is 8.96 Å². The molecule has 1 atom stereocenters. The summed E-state index contributed by atoms with van der Waals surface area (Å²) >= 11 is 0. The number of rotatable bonds is 9. The van der Waals surface area contributed by atoms with E-state index in [9.17, 15) is 18.6 Å². The Morgan fingerprint density at radius 2 is 2.00 bits per heavy atom. The lowest BCUT2D eigenvalue weighted by Crippen LogP contribution is -2.33. The van der Waals surface area contributed by atoms with E-state index in [0.29, 0.717) is 5.56 Å². The largest absolute Gasteiger partial charge is 0.480 e. The molecule has 1 N–H and O–H groups in total. The number of hydrogen-bond acceptors (Lipinski definition) is 3. The summed E-state index contributed by atoms with van der Waals surface area (Å²) in [6.45, 7) is 2.04. The third-order valence-electron chi connectivity index (χ3n) is 3.21. The average molecular weight is 311 g/mol. The highest BCUT2D eigenvalue weighted by atomic mass is 19.4. The Bertz CT molecular complexity index is 544. The molecule has 0 amide bonds. The molecule has 22 heavy (non-hydrogen) atoms. The number of nitrogens with zero attached hydrogens (tertiary/aromatic N) is 1. The Hall–Kier alpha value is -2.08. The number of hydrogen-bond donors (Lipinski definition) is 1. The number of benzene rings is 1. The van der Waals surface area contributed by atoms with E-state index >= 15 is 0 Å². The highest BCUT2D eigenvalue weighted by Gasteiger charge is 2.28. The Morgan fingerprint density at radius 1 is 1.32 bits per heavy atom. The molecule has 0 radical (unpaired) electrons. The third-order valence-corrected chi connectivity index (χ3v) is 3.21. The molecule has 0 aromatic heterocycles. The van der Waals surface area contributed by atoms with Gasteiger partial charge in [0.1, 0.15) is 0 Å². The Labute approximate surface area is 127 Å². The van der Waals surface area contributed by atoms with Gasteiger partial charge in [-0.05, 0) is 18.1 Å². The SMILES string of the molecule is CCCCC=CC(=O)c1ccccc1C[C@@H](C(=O)O)N(F)F. The predicted molar refractivity (Wildman–Crippen MR) is 78.6 cm³/mol. The van der Waals surface area contributed by atoms with Gasteiger partial charge in [0.15, 0.2) is 11.8 Å². The Morgan fingerprint density at radius 3 is 2.59 bits per heavy atom. The number of allylic oxidation sites excluding steroid dienone is 2. The van der Waals surface area contributed by atoms with E-state index in [1.54, 1.807) is 18.2 Å². The molecule has 0 saturated carbocycles. The van der Waals surface area contributed by atoms with Crippen LogP contribution in [0.4, 0.5) is 8.96 Å². The maximum atomic E-state index is 12.6. The molecule has 0 aliphatic rings. The number of carbonyl (C=O) groups is 2. The van der Waals surface area contributed by atoms with Gasteiger partial charge in [-0.25, -0.2) is 0 Å². The van der Waals surface area contributed by atoms with Crippen molar-refractivity contribution in [3.63, 3.8) is 0 Å². The zero-order chi connectivity index (χ0) is 16.5. The van der Waals surface area contributed by atoms with Gasteiger partial charge < -0.3 is 5.11 Å². The summed E-state index contributed by atoms with van der Waals surface area (Å²) in [4.78, 5) is 23.0. The summed E-state index contributed by atoms with van der Waals surface area (Å²) in [5.41, 5.74) is 0.545. The molecule has 0 fully saturated rings. The van der Waals surface area contributed by atoms with Crippen LogP contribution in [0.25, 0.3) is 0 Å². The minimum Gasteiger partial charge on any atom is -0.480 e. The van der Waals surface area contributed by atoms with Crippen molar-refractivity contribution in [1.82, 2.24) is 5.34 Å². The molecular weight excluding hydrogens is 292 g/mol. The van der Waals surface area contributed by atoms with Crippen LogP contribution >= 0.6 is 0 Å². The number of carbonyl (C=O) groups excluding carboxylic acids is 1. The minimum absolute atomic E-state index is 0.253. The molecule has 0 aliphatic carbocycles. The number of carboxylic acid groups (broad SMARTS) is 1. The molecule has 0 aliphatic heterocycles. The van der Waals surface area contributed by atoms with Crippen LogP contribution in [0.5, 0.6) is 0 Å². The van der Waals surface area contributed by atoms with Crippen LogP contribution in [0.3, 0.4) is 0 Å². The lowest BCUT2D eigenvalue weighted by atomic mass is 9.97. The van der Waals surface area contributed by atoms with Gasteiger partial charge >= 0.3 is 5.97 Å².